The first-order valence-corrected chi connectivity index (χ1v) is 8.51. The second kappa shape index (κ2) is 6.75. The molecule has 0 aliphatic rings. The van der Waals surface area contributed by atoms with Crippen molar-refractivity contribution in [1.29, 1.82) is 0 Å². The highest BCUT2D eigenvalue weighted by Crippen LogP contribution is 2.30. The minimum Gasteiger partial charge on any atom is -0.443 e. The van der Waals surface area contributed by atoms with Gasteiger partial charge >= 0.3 is 12.2 Å². The minimum atomic E-state index is -0.990. The highest BCUT2D eigenvalue weighted by Gasteiger charge is 2.21. The van der Waals surface area contributed by atoms with Crippen molar-refractivity contribution in [3.63, 3.8) is 0 Å². The first-order chi connectivity index (χ1) is 10.7. The van der Waals surface area contributed by atoms with Gasteiger partial charge in [0.1, 0.15) is 10.1 Å². The average molecular weight is 403 g/mol. The highest BCUT2D eigenvalue weighted by molar-refractivity contribution is 9.10. The molecule has 0 unspecified atom stereocenters. The number of ether oxygens (including phenoxy) is 2. The summed E-state index contributed by atoms with van der Waals surface area (Å²) < 4.78 is 12.2. The number of nitrogens with zero attached hydrogens (tertiary/aromatic N) is 3. The van der Waals surface area contributed by atoms with E-state index in [1.165, 1.54) is 11.8 Å². The molecule has 10 heteroatoms. The third-order valence-electron chi connectivity index (χ3n) is 2.40. The molecule has 0 atom stereocenters. The van der Waals surface area contributed by atoms with Crippen LogP contribution in [0.3, 0.4) is 0 Å². The molecule has 0 aliphatic carbocycles. The number of carbonyl (C=O) groups excluding carboxylic acids is 2. The molecule has 2 heterocycles. The summed E-state index contributed by atoms with van der Waals surface area (Å²) in [7, 11) is 0. The summed E-state index contributed by atoms with van der Waals surface area (Å²) in [5, 5.41) is 2.56. The van der Waals surface area contributed by atoms with Gasteiger partial charge in [-0.05, 0) is 43.0 Å². The van der Waals surface area contributed by atoms with Crippen LogP contribution in [0.2, 0.25) is 0 Å². The van der Waals surface area contributed by atoms with Gasteiger partial charge in [-0.2, -0.15) is 4.98 Å². The molecule has 1 N–H and O–H groups in total. The zero-order chi connectivity index (χ0) is 17.2. The summed E-state index contributed by atoms with van der Waals surface area (Å²) in [5.74, 6) is 0.00843. The summed E-state index contributed by atoms with van der Waals surface area (Å²) in [5.41, 5.74) is -0.173. The van der Waals surface area contributed by atoms with Crippen molar-refractivity contribution in [2.75, 3.05) is 6.26 Å². The van der Waals surface area contributed by atoms with E-state index in [0.717, 1.165) is 0 Å². The van der Waals surface area contributed by atoms with Crippen LogP contribution >= 0.6 is 27.7 Å². The number of rotatable bonds is 2. The van der Waals surface area contributed by atoms with Crippen molar-refractivity contribution in [3.05, 3.63) is 16.9 Å². The molecule has 2 rings (SSSR count). The van der Waals surface area contributed by atoms with Gasteiger partial charge in [0.25, 0.3) is 0 Å². The Kier molecular flexibility index (Phi) is 5.15. The summed E-state index contributed by atoms with van der Waals surface area (Å²) in [4.78, 5) is 31.7. The predicted molar refractivity (Wildman–Crippen MR) is 87.9 cm³/mol. The molecular formula is C13H15BrN4O4S. The average Bonchev–Trinajstić information content (AvgIpc) is 2.89. The van der Waals surface area contributed by atoms with Crippen molar-refractivity contribution in [2.24, 2.45) is 0 Å². The number of hydrogen-bond donors (Lipinski definition) is 1. The normalized spacial score (nSPS) is 11.3. The molecule has 0 bridgehead atoms. The van der Waals surface area contributed by atoms with E-state index in [1.54, 1.807) is 37.6 Å². The number of imide groups is 1. The summed E-state index contributed by atoms with van der Waals surface area (Å²) in [6.07, 6.45) is 3.29. The van der Waals surface area contributed by atoms with E-state index >= 15 is 0 Å². The lowest BCUT2D eigenvalue weighted by Gasteiger charge is -2.19. The topological polar surface area (TPSA) is 94.8 Å². The van der Waals surface area contributed by atoms with E-state index in [0.29, 0.717) is 15.3 Å². The maximum Gasteiger partial charge on any atom is 0.423 e. The molecule has 2 aromatic heterocycles. The monoisotopic (exact) mass is 402 g/mol. The van der Waals surface area contributed by atoms with E-state index < -0.39 is 17.8 Å². The zero-order valence-corrected chi connectivity index (χ0v) is 15.3. The Bertz CT molecular complexity index is 756. The van der Waals surface area contributed by atoms with Crippen LogP contribution in [-0.4, -0.2) is 38.4 Å². The summed E-state index contributed by atoms with van der Waals surface area (Å²) in [6.45, 7) is 5.06. The largest absolute Gasteiger partial charge is 0.443 e. The van der Waals surface area contributed by atoms with E-state index in [9.17, 15) is 9.59 Å². The molecule has 0 saturated heterocycles. The van der Waals surface area contributed by atoms with Crippen LogP contribution in [0.15, 0.2) is 22.0 Å². The van der Waals surface area contributed by atoms with Crippen molar-refractivity contribution in [2.45, 2.75) is 31.5 Å². The van der Waals surface area contributed by atoms with Gasteiger partial charge in [-0.15, -0.1) is 0 Å². The SMILES string of the molecule is CSc1nc(OC(=O)NC(=O)OC(C)(C)C)c(Br)c2nccn12. The predicted octanol–water partition coefficient (Wildman–Crippen LogP) is 3.24. The maximum absolute atomic E-state index is 11.8. The van der Waals surface area contributed by atoms with Crippen molar-refractivity contribution in [1.82, 2.24) is 19.7 Å². The molecule has 8 nitrogen and oxygen atoms in total. The molecule has 0 radical (unpaired) electrons. The van der Waals surface area contributed by atoms with E-state index in [4.69, 9.17) is 9.47 Å². The minimum absolute atomic E-state index is 0.00843. The Balaban J connectivity index is 2.16. The number of amides is 2. The first kappa shape index (κ1) is 17.5. The van der Waals surface area contributed by atoms with E-state index in [-0.39, 0.29) is 5.88 Å². The second-order valence-electron chi connectivity index (χ2n) is 5.35. The Morgan fingerprint density at radius 1 is 1.35 bits per heavy atom. The molecule has 23 heavy (non-hydrogen) atoms. The number of halogens is 1. The Hall–Kier alpha value is -1.81. The van der Waals surface area contributed by atoms with Gasteiger partial charge in [-0.25, -0.2) is 19.9 Å². The number of alkyl carbamates (subject to hydrolysis) is 1. The van der Waals surface area contributed by atoms with Gasteiger partial charge in [0.15, 0.2) is 10.8 Å². The lowest BCUT2D eigenvalue weighted by molar-refractivity contribution is 0.0533. The molecule has 0 spiro atoms. The molecule has 2 aromatic rings. The van der Waals surface area contributed by atoms with Crippen LogP contribution in [-0.2, 0) is 4.74 Å². The summed E-state index contributed by atoms with van der Waals surface area (Å²) in [6, 6.07) is 0. The Labute approximate surface area is 145 Å². The molecule has 0 saturated carbocycles. The van der Waals surface area contributed by atoms with Crippen LogP contribution in [0.25, 0.3) is 5.65 Å². The fourth-order valence-electron chi connectivity index (χ4n) is 1.62. The van der Waals surface area contributed by atoms with Gasteiger partial charge in [-0.3, -0.25) is 4.40 Å². The van der Waals surface area contributed by atoms with Crippen molar-refractivity contribution < 1.29 is 19.1 Å². The first-order valence-electron chi connectivity index (χ1n) is 6.49. The number of aromatic nitrogens is 3. The third-order valence-corrected chi connectivity index (χ3v) is 3.75. The number of hydrogen-bond acceptors (Lipinski definition) is 7. The molecular weight excluding hydrogens is 388 g/mol. The number of imidazole rings is 1. The number of carbonyl (C=O) groups is 2. The molecule has 0 aliphatic heterocycles. The number of nitrogens with one attached hydrogen (secondary N) is 1. The third kappa shape index (κ3) is 4.35. The number of thioether (sulfide) groups is 1. The van der Waals surface area contributed by atoms with Crippen LogP contribution < -0.4 is 10.1 Å². The van der Waals surface area contributed by atoms with Crippen molar-refractivity contribution in [3.8, 4) is 5.88 Å². The van der Waals surface area contributed by atoms with Gasteiger partial charge in [0.05, 0.1) is 0 Å². The van der Waals surface area contributed by atoms with Gasteiger partial charge in [0, 0.05) is 12.4 Å². The van der Waals surface area contributed by atoms with Crippen LogP contribution in [0.5, 0.6) is 5.88 Å². The lowest BCUT2D eigenvalue weighted by Crippen LogP contribution is -2.38. The lowest BCUT2D eigenvalue weighted by atomic mass is 10.2. The standard InChI is InChI=1S/C13H15BrN4O4S/c1-13(2,3)22-12(20)17-11(19)21-9-7(14)8-15-5-6-18(8)10(16-9)23-4/h5-6H,1-4H3,(H,17,19,20). The van der Waals surface area contributed by atoms with Gasteiger partial charge < -0.3 is 9.47 Å². The van der Waals surface area contributed by atoms with Gasteiger partial charge in [-0.1, -0.05) is 11.8 Å². The quantitative estimate of drug-likeness (QED) is 0.608. The van der Waals surface area contributed by atoms with Crippen molar-refractivity contribution >= 4 is 45.5 Å². The Morgan fingerprint density at radius 3 is 2.65 bits per heavy atom. The fraction of sp³-hybridized carbons (Fsp3) is 0.385. The second-order valence-corrected chi connectivity index (χ2v) is 6.92. The number of fused-ring (bicyclic) bond motifs is 1. The van der Waals surface area contributed by atoms with Crippen LogP contribution in [0.1, 0.15) is 20.8 Å². The van der Waals surface area contributed by atoms with Gasteiger partial charge in [0.2, 0.25) is 5.88 Å². The maximum atomic E-state index is 11.8. The highest BCUT2D eigenvalue weighted by atomic mass is 79.9. The van der Waals surface area contributed by atoms with E-state index in [2.05, 4.69) is 25.9 Å². The zero-order valence-electron chi connectivity index (χ0n) is 12.9. The fourth-order valence-corrected chi connectivity index (χ4v) is 2.60. The molecule has 124 valence electrons. The molecule has 0 fully saturated rings. The smallest absolute Gasteiger partial charge is 0.423 e. The van der Waals surface area contributed by atoms with Crippen LogP contribution in [0.4, 0.5) is 9.59 Å². The van der Waals surface area contributed by atoms with Crippen LogP contribution in [0, 0.1) is 0 Å². The Morgan fingerprint density at radius 2 is 2.04 bits per heavy atom. The summed E-state index contributed by atoms with van der Waals surface area (Å²) >= 11 is 4.65. The molecule has 2 amide bonds. The van der Waals surface area contributed by atoms with E-state index in [1.807, 2.05) is 11.6 Å². The molecule has 0 aromatic carbocycles.